The Kier molecular flexibility index (Phi) is 4.42. The molecule has 23 heavy (non-hydrogen) atoms. The Balaban J connectivity index is 1.71. The minimum Gasteiger partial charge on any atom is -0.403 e. The number of thioether (sulfide) groups is 1. The van der Waals surface area contributed by atoms with Gasteiger partial charge in [0.15, 0.2) is 5.12 Å². The summed E-state index contributed by atoms with van der Waals surface area (Å²) in [6.45, 7) is 1.95. The van der Waals surface area contributed by atoms with Gasteiger partial charge in [-0.1, -0.05) is 16.9 Å². The van der Waals surface area contributed by atoms with Crippen molar-refractivity contribution in [1.82, 2.24) is 10.2 Å². The normalized spacial score (nSPS) is 17.7. The second-order valence-electron chi connectivity index (χ2n) is 5.27. The second-order valence-corrected chi connectivity index (χ2v) is 6.47. The van der Waals surface area contributed by atoms with Crippen LogP contribution in [0.25, 0.3) is 11.5 Å². The van der Waals surface area contributed by atoms with E-state index in [1.165, 1.54) is 47.9 Å². The minimum absolute atomic E-state index is 0.0345. The summed E-state index contributed by atoms with van der Waals surface area (Å²) >= 11 is 1.21. The topological polar surface area (TPSA) is 76.3 Å². The summed E-state index contributed by atoms with van der Waals surface area (Å²) in [6, 6.07) is 5.80. The van der Waals surface area contributed by atoms with Gasteiger partial charge in [-0.25, -0.2) is 4.39 Å². The summed E-state index contributed by atoms with van der Waals surface area (Å²) < 4.78 is 18.5. The fraction of sp³-hybridized carbons (Fsp3) is 0.333. The Morgan fingerprint density at radius 1 is 1.39 bits per heavy atom. The van der Waals surface area contributed by atoms with Gasteiger partial charge in [0.2, 0.25) is 11.8 Å². The number of hydrogen-bond acceptors (Lipinski definition) is 6. The molecule has 6 nitrogen and oxygen atoms in total. The Morgan fingerprint density at radius 3 is 2.83 bits per heavy atom. The molecule has 8 heteroatoms. The van der Waals surface area contributed by atoms with Crippen molar-refractivity contribution in [3.05, 3.63) is 30.1 Å². The van der Waals surface area contributed by atoms with Crippen LogP contribution in [-0.2, 0) is 9.59 Å². The average Bonchev–Trinajstić information content (AvgIpc) is 3.12. The molecule has 0 spiro atoms. The van der Waals surface area contributed by atoms with Gasteiger partial charge in [-0.3, -0.25) is 14.5 Å². The smallest absolute Gasteiger partial charge is 0.325 e. The summed E-state index contributed by atoms with van der Waals surface area (Å²) in [5.74, 6) is 0.450. The summed E-state index contributed by atoms with van der Waals surface area (Å²) in [5, 5.41) is 7.83. The minimum atomic E-state index is -0.353. The fourth-order valence-electron chi connectivity index (χ4n) is 2.35. The number of nitrogens with zero attached hydrogens (tertiary/aromatic N) is 3. The maximum Gasteiger partial charge on any atom is 0.325 e. The van der Waals surface area contributed by atoms with E-state index < -0.39 is 0 Å². The van der Waals surface area contributed by atoms with Gasteiger partial charge in [0.05, 0.1) is 0 Å². The van der Waals surface area contributed by atoms with Gasteiger partial charge in [0.25, 0.3) is 0 Å². The van der Waals surface area contributed by atoms with E-state index in [1.807, 2.05) is 0 Å². The molecule has 2 heterocycles. The van der Waals surface area contributed by atoms with Crippen LogP contribution < -0.4 is 4.90 Å². The zero-order chi connectivity index (χ0) is 16.4. The third kappa shape index (κ3) is 3.58. The lowest BCUT2D eigenvalue weighted by atomic mass is 10.1. The Labute approximate surface area is 136 Å². The summed E-state index contributed by atoms with van der Waals surface area (Å²) in [7, 11) is 0. The number of carbonyl (C=O) groups excluding carboxylic acids is 2. The zero-order valence-corrected chi connectivity index (χ0v) is 13.2. The molecule has 1 aromatic heterocycles. The lowest BCUT2D eigenvalue weighted by Gasteiger charge is -2.10. The van der Waals surface area contributed by atoms with Gasteiger partial charge in [0.1, 0.15) is 5.82 Å². The molecule has 3 rings (SSSR count). The molecule has 1 unspecified atom stereocenters. The first-order chi connectivity index (χ1) is 11.0. The van der Waals surface area contributed by atoms with Crippen LogP contribution in [0.4, 0.5) is 10.4 Å². The van der Waals surface area contributed by atoms with Crippen LogP contribution in [0.1, 0.15) is 13.3 Å². The van der Waals surface area contributed by atoms with Crippen molar-refractivity contribution in [3.63, 3.8) is 0 Å². The molecule has 1 atom stereocenters. The molecule has 0 N–H and O–H groups in total. The number of anilines is 1. The number of aromatic nitrogens is 2. The van der Waals surface area contributed by atoms with Crippen LogP contribution in [-0.4, -0.2) is 33.5 Å². The highest BCUT2D eigenvalue weighted by molar-refractivity contribution is 8.13. The number of carbonyl (C=O) groups is 2. The Hall–Kier alpha value is -2.22. The van der Waals surface area contributed by atoms with Crippen LogP contribution in [0.2, 0.25) is 0 Å². The van der Waals surface area contributed by atoms with E-state index in [0.29, 0.717) is 24.3 Å². The summed E-state index contributed by atoms with van der Waals surface area (Å²) in [5.41, 5.74) is 0.584. The molecule has 0 saturated carbocycles. The quantitative estimate of drug-likeness (QED) is 0.854. The van der Waals surface area contributed by atoms with Gasteiger partial charge < -0.3 is 4.42 Å². The first-order valence-electron chi connectivity index (χ1n) is 7.06. The molecule has 0 bridgehead atoms. The third-order valence-electron chi connectivity index (χ3n) is 3.46. The van der Waals surface area contributed by atoms with Crippen LogP contribution >= 0.6 is 11.8 Å². The SMILES string of the molecule is CC(=O)SCC1CC(=O)N(c2nnc(-c3ccc(F)cc3)o2)C1. The maximum atomic E-state index is 12.9. The molecule has 0 radical (unpaired) electrons. The van der Waals surface area contributed by atoms with Gasteiger partial charge in [0, 0.05) is 31.2 Å². The highest BCUT2D eigenvalue weighted by atomic mass is 32.2. The monoisotopic (exact) mass is 335 g/mol. The van der Waals surface area contributed by atoms with E-state index in [-0.39, 0.29) is 34.7 Å². The standard InChI is InChI=1S/C15H14FN3O3S/c1-9(20)23-8-10-6-13(21)19(7-10)15-18-17-14(22-15)11-2-4-12(16)5-3-11/h2-5,10H,6-8H2,1H3. The average molecular weight is 335 g/mol. The first kappa shape index (κ1) is 15.7. The molecule has 1 amide bonds. The van der Waals surface area contributed by atoms with E-state index in [1.54, 1.807) is 0 Å². The zero-order valence-electron chi connectivity index (χ0n) is 12.4. The van der Waals surface area contributed by atoms with Gasteiger partial charge >= 0.3 is 6.01 Å². The largest absolute Gasteiger partial charge is 0.403 e. The van der Waals surface area contributed by atoms with E-state index >= 15 is 0 Å². The van der Waals surface area contributed by atoms with Crippen molar-refractivity contribution in [2.24, 2.45) is 5.92 Å². The predicted octanol–water partition coefficient (Wildman–Crippen LogP) is 2.51. The molecule has 1 aliphatic heterocycles. The predicted molar refractivity (Wildman–Crippen MR) is 83.3 cm³/mol. The first-order valence-corrected chi connectivity index (χ1v) is 8.04. The van der Waals surface area contributed by atoms with Crippen molar-refractivity contribution in [2.45, 2.75) is 13.3 Å². The van der Waals surface area contributed by atoms with Crippen LogP contribution in [0.3, 0.4) is 0 Å². The molecular weight excluding hydrogens is 321 g/mol. The van der Waals surface area contributed by atoms with E-state index in [4.69, 9.17) is 4.42 Å². The summed E-state index contributed by atoms with van der Waals surface area (Å²) in [4.78, 5) is 24.5. The lowest BCUT2D eigenvalue weighted by Crippen LogP contribution is -2.25. The molecule has 2 aromatic rings. The lowest BCUT2D eigenvalue weighted by molar-refractivity contribution is -0.117. The second kappa shape index (κ2) is 6.49. The van der Waals surface area contributed by atoms with Gasteiger partial charge in [-0.05, 0) is 30.2 Å². The molecular formula is C15H14FN3O3S. The van der Waals surface area contributed by atoms with Crippen molar-refractivity contribution in [2.75, 3.05) is 17.2 Å². The number of amides is 1. The molecule has 0 aliphatic carbocycles. The highest BCUT2D eigenvalue weighted by Crippen LogP contribution is 2.28. The van der Waals surface area contributed by atoms with E-state index in [2.05, 4.69) is 10.2 Å². The van der Waals surface area contributed by atoms with Crippen molar-refractivity contribution in [3.8, 4) is 11.5 Å². The molecule has 1 aromatic carbocycles. The fourth-order valence-corrected chi connectivity index (χ4v) is 3.04. The third-order valence-corrected chi connectivity index (χ3v) is 4.51. The van der Waals surface area contributed by atoms with Crippen molar-refractivity contribution < 1.29 is 18.4 Å². The molecule has 1 saturated heterocycles. The summed E-state index contributed by atoms with van der Waals surface area (Å²) in [6.07, 6.45) is 0.356. The molecule has 120 valence electrons. The van der Waals surface area contributed by atoms with E-state index in [0.717, 1.165) is 0 Å². The molecule has 1 fully saturated rings. The van der Waals surface area contributed by atoms with Crippen molar-refractivity contribution in [1.29, 1.82) is 0 Å². The number of benzene rings is 1. The van der Waals surface area contributed by atoms with Crippen LogP contribution in [0.15, 0.2) is 28.7 Å². The van der Waals surface area contributed by atoms with Gasteiger partial charge in [-0.15, -0.1) is 5.10 Å². The van der Waals surface area contributed by atoms with Crippen LogP contribution in [0.5, 0.6) is 0 Å². The maximum absolute atomic E-state index is 12.9. The number of hydrogen-bond donors (Lipinski definition) is 0. The highest BCUT2D eigenvalue weighted by Gasteiger charge is 2.34. The van der Waals surface area contributed by atoms with Gasteiger partial charge in [-0.2, -0.15) is 0 Å². The number of rotatable bonds is 4. The Morgan fingerprint density at radius 2 is 2.13 bits per heavy atom. The van der Waals surface area contributed by atoms with E-state index in [9.17, 15) is 14.0 Å². The van der Waals surface area contributed by atoms with Crippen LogP contribution in [0, 0.1) is 11.7 Å². The number of halogens is 1. The molecule has 1 aliphatic rings. The van der Waals surface area contributed by atoms with Crippen molar-refractivity contribution >= 4 is 28.8 Å². The Bertz CT molecular complexity index is 732.